The maximum absolute atomic E-state index is 12.8. The zero-order valence-electron chi connectivity index (χ0n) is 15.0. The van der Waals surface area contributed by atoms with Gasteiger partial charge in [0.25, 0.3) is 0 Å². The molecule has 1 atom stereocenters. The number of carbonyl (C=O) groups is 2. The lowest BCUT2D eigenvalue weighted by Crippen LogP contribution is -2.34. The largest absolute Gasteiger partial charge is 0.338 e. The van der Waals surface area contributed by atoms with Crippen LogP contribution in [-0.4, -0.2) is 30.3 Å². The molecule has 0 aliphatic carbocycles. The highest BCUT2D eigenvalue weighted by molar-refractivity contribution is 5.98. The topological polar surface area (TPSA) is 40.6 Å². The van der Waals surface area contributed by atoms with E-state index in [4.69, 9.17) is 0 Å². The Hall–Kier alpha value is -2.62. The first-order valence-corrected chi connectivity index (χ1v) is 8.61. The maximum atomic E-state index is 12.8. The highest BCUT2D eigenvalue weighted by atomic mass is 16.2. The van der Waals surface area contributed by atoms with Gasteiger partial charge >= 0.3 is 0 Å². The number of benzene rings is 2. The van der Waals surface area contributed by atoms with Gasteiger partial charge in [-0.25, -0.2) is 0 Å². The van der Waals surface area contributed by atoms with Crippen molar-refractivity contribution in [1.82, 2.24) is 4.90 Å². The molecule has 4 heteroatoms. The first kappa shape index (κ1) is 17.2. The Kier molecular flexibility index (Phi) is 4.88. The second kappa shape index (κ2) is 7.09. The van der Waals surface area contributed by atoms with Gasteiger partial charge in [0.2, 0.25) is 11.8 Å². The second-order valence-corrected chi connectivity index (χ2v) is 6.89. The fourth-order valence-corrected chi connectivity index (χ4v) is 3.17. The molecule has 3 rings (SSSR count). The first-order valence-electron chi connectivity index (χ1n) is 8.61. The first-order chi connectivity index (χ1) is 11.9. The molecule has 1 aliphatic rings. The van der Waals surface area contributed by atoms with Crippen molar-refractivity contribution in [2.45, 2.75) is 26.8 Å². The molecule has 0 aromatic heterocycles. The molecule has 1 fully saturated rings. The lowest BCUT2D eigenvalue weighted by molar-refractivity contribution is -0.128. The average Bonchev–Trinajstić information content (AvgIpc) is 2.97. The number of rotatable bonds is 4. The van der Waals surface area contributed by atoms with Gasteiger partial charge in [-0.1, -0.05) is 47.5 Å². The number of amides is 2. The van der Waals surface area contributed by atoms with Crippen LogP contribution in [0.1, 0.15) is 23.1 Å². The number of likely N-dealkylation sites (tertiary alicyclic amines) is 1. The second-order valence-electron chi connectivity index (χ2n) is 6.89. The van der Waals surface area contributed by atoms with Gasteiger partial charge in [-0.3, -0.25) is 9.59 Å². The van der Waals surface area contributed by atoms with Crippen LogP contribution in [0.3, 0.4) is 0 Å². The molecule has 0 bridgehead atoms. The minimum absolute atomic E-state index is 0.00334. The van der Waals surface area contributed by atoms with Crippen molar-refractivity contribution in [2.24, 2.45) is 5.92 Å². The summed E-state index contributed by atoms with van der Waals surface area (Å²) in [5.41, 5.74) is 4.31. The minimum atomic E-state index is -0.274. The molecule has 130 valence electrons. The Labute approximate surface area is 149 Å². The van der Waals surface area contributed by atoms with E-state index in [0.29, 0.717) is 19.5 Å². The molecular weight excluding hydrogens is 312 g/mol. The van der Waals surface area contributed by atoms with Gasteiger partial charge < -0.3 is 9.80 Å². The number of carbonyl (C=O) groups excluding carboxylic acids is 2. The summed E-state index contributed by atoms with van der Waals surface area (Å²) in [6.07, 6.45) is 0.293. The van der Waals surface area contributed by atoms with Crippen molar-refractivity contribution in [3.63, 3.8) is 0 Å². The third kappa shape index (κ3) is 3.90. The highest BCUT2D eigenvalue weighted by Gasteiger charge is 2.35. The predicted molar refractivity (Wildman–Crippen MR) is 99.3 cm³/mol. The van der Waals surface area contributed by atoms with E-state index in [1.807, 2.05) is 62.4 Å². The fourth-order valence-electron chi connectivity index (χ4n) is 3.17. The summed E-state index contributed by atoms with van der Waals surface area (Å²) in [6, 6.07) is 16.0. The molecule has 0 radical (unpaired) electrons. The molecule has 0 N–H and O–H groups in total. The molecule has 1 aliphatic heterocycles. The molecule has 1 unspecified atom stereocenters. The molecular formula is C21H24N2O2. The number of aryl methyl sites for hydroxylation is 2. The van der Waals surface area contributed by atoms with Crippen LogP contribution >= 0.6 is 0 Å². The van der Waals surface area contributed by atoms with Crippen LogP contribution < -0.4 is 4.90 Å². The smallest absolute Gasteiger partial charge is 0.232 e. The molecule has 2 aromatic carbocycles. The normalized spacial score (nSPS) is 17.0. The monoisotopic (exact) mass is 336 g/mol. The van der Waals surface area contributed by atoms with Gasteiger partial charge in [-0.05, 0) is 31.5 Å². The third-order valence-corrected chi connectivity index (χ3v) is 4.81. The lowest BCUT2D eigenvalue weighted by atomic mass is 10.1. The number of hydrogen-bond donors (Lipinski definition) is 0. The zero-order chi connectivity index (χ0) is 18.0. The van der Waals surface area contributed by atoms with Gasteiger partial charge in [0, 0.05) is 32.2 Å². The predicted octanol–water partition coefficient (Wildman–Crippen LogP) is 3.31. The van der Waals surface area contributed by atoms with Gasteiger partial charge in [0.15, 0.2) is 0 Å². The number of anilines is 1. The van der Waals surface area contributed by atoms with Crippen molar-refractivity contribution in [2.75, 3.05) is 18.5 Å². The molecule has 2 aromatic rings. The third-order valence-electron chi connectivity index (χ3n) is 4.81. The zero-order valence-corrected chi connectivity index (χ0v) is 15.0. The van der Waals surface area contributed by atoms with Gasteiger partial charge in [0.1, 0.15) is 0 Å². The highest BCUT2D eigenvalue weighted by Crippen LogP contribution is 2.24. The Morgan fingerprint density at radius 1 is 1.04 bits per heavy atom. The van der Waals surface area contributed by atoms with E-state index >= 15 is 0 Å². The van der Waals surface area contributed by atoms with Crippen LogP contribution in [0.25, 0.3) is 0 Å². The van der Waals surface area contributed by atoms with Crippen molar-refractivity contribution in [3.8, 4) is 0 Å². The van der Waals surface area contributed by atoms with Crippen LogP contribution in [0.4, 0.5) is 5.69 Å². The van der Waals surface area contributed by atoms with Crippen LogP contribution in [0.15, 0.2) is 48.5 Å². The van der Waals surface area contributed by atoms with E-state index in [2.05, 4.69) is 0 Å². The standard InChI is InChI=1S/C21H24N2O2/c1-15-4-8-17(9-5-15)13-23-14-18(12-20(23)24)21(25)22(3)19-10-6-16(2)7-11-19/h4-11,18H,12-14H2,1-3H3. The lowest BCUT2D eigenvalue weighted by Gasteiger charge is -2.22. The van der Waals surface area contributed by atoms with E-state index in [9.17, 15) is 9.59 Å². The summed E-state index contributed by atoms with van der Waals surface area (Å²) in [5.74, 6) is -0.218. The summed E-state index contributed by atoms with van der Waals surface area (Å²) in [4.78, 5) is 28.5. The maximum Gasteiger partial charge on any atom is 0.232 e. The van der Waals surface area contributed by atoms with E-state index in [-0.39, 0.29) is 17.7 Å². The van der Waals surface area contributed by atoms with Gasteiger partial charge in [-0.15, -0.1) is 0 Å². The number of hydrogen-bond acceptors (Lipinski definition) is 2. The summed E-state index contributed by atoms with van der Waals surface area (Å²) >= 11 is 0. The molecule has 1 heterocycles. The summed E-state index contributed by atoms with van der Waals surface area (Å²) in [7, 11) is 1.78. The Balaban J connectivity index is 1.65. The molecule has 1 saturated heterocycles. The van der Waals surface area contributed by atoms with Gasteiger partial charge in [0.05, 0.1) is 5.92 Å². The molecule has 2 amide bonds. The van der Waals surface area contributed by atoms with Gasteiger partial charge in [-0.2, -0.15) is 0 Å². The van der Waals surface area contributed by atoms with E-state index in [0.717, 1.165) is 16.8 Å². The quantitative estimate of drug-likeness (QED) is 0.859. The van der Waals surface area contributed by atoms with Crippen LogP contribution in [0.2, 0.25) is 0 Å². The van der Waals surface area contributed by atoms with Crippen molar-refractivity contribution >= 4 is 17.5 Å². The fraction of sp³-hybridized carbons (Fsp3) is 0.333. The average molecular weight is 336 g/mol. The summed E-state index contributed by atoms with van der Waals surface area (Å²) in [6.45, 7) is 5.11. The van der Waals surface area contributed by atoms with Crippen LogP contribution in [-0.2, 0) is 16.1 Å². The summed E-state index contributed by atoms with van der Waals surface area (Å²) in [5, 5.41) is 0. The number of nitrogens with zero attached hydrogens (tertiary/aromatic N) is 2. The molecule has 0 spiro atoms. The summed E-state index contributed by atoms with van der Waals surface area (Å²) < 4.78 is 0. The molecule has 4 nitrogen and oxygen atoms in total. The Bertz CT molecular complexity index is 765. The van der Waals surface area contributed by atoms with E-state index < -0.39 is 0 Å². The molecule has 0 saturated carbocycles. The SMILES string of the molecule is Cc1ccc(CN2CC(C(=O)N(C)c3ccc(C)cc3)CC2=O)cc1. The van der Waals surface area contributed by atoms with Crippen molar-refractivity contribution in [3.05, 3.63) is 65.2 Å². The van der Waals surface area contributed by atoms with E-state index in [1.54, 1.807) is 16.8 Å². The van der Waals surface area contributed by atoms with Crippen molar-refractivity contribution < 1.29 is 9.59 Å². The van der Waals surface area contributed by atoms with E-state index in [1.165, 1.54) is 5.56 Å². The minimum Gasteiger partial charge on any atom is -0.338 e. The van der Waals surface area contributed by atoms with Crippen LogP contribution in [0, 0.1) is 19.8 Å². The van der Waals surface area contributed by atoms with Crippen molar-refractivity contribution in [1.29, 1.82) is 0 Å². The Morgan fingerprint density at radius 2 is 1.60 bits per heavy atom. The Morgan fingerprint density at radius 3 is 2.20 bits per heavy atom. The van der Waals surface area contributed by atoms with Crippen LogP contribution in [0.5, 0.6) is 0 Å². The molecule has 25 heavy (non-hydrogen) atoms.